The summed E-state index contributed by atoms with van der Waals surface area (Å²) in [5.74, 6) is 0. The van der Waals surface area contributed by atoms with E-state index >= 15 is 0 Å². The first kappa shape index (κ1) is 19.6. The lowest BCUT2D eigenvalue weighted by Gasteiger charge is -2.34. The Kier molecular flexibility index (Phi) is 19.6. The average Bonchev–Trinajstić information content (AvgIpc) is 2.11. The van der Waals surface area contributed by atoms with Gasteiger partial charge in [0.2, 0.25) is 0 Å². The molecule has 0 radical (unpaired) electrons. The Bertz CT molecular complexity index is 70.2. The van der Waals surface area contributed by atoms with Gasteiger partial charge in [-0.25, -0.2) is 0 Å². The lowest BCUT2D eigenvalue weighted by atomic mass is 10.3. The predicted molar refractivity (Wildman–Crippen MR) is 59.0 cm³/mol. The van der Waals surface area contributed by atoms with Gasteiger partial charge in [0.15, 0.2) is 0 Å². The maximum Gasteiger partial charge on any atom is 0.0967 e. The number of hydrogen-bond donors (Lipinski definition) is 0. The maximum atomic E-state index is 4.76. The van der Waals surface area contributed by atoms with Gasteiger partial charge in [0.25, 0.3) is 0 Å². The van der Waals surface area contributed by atoms with Crippen molar-refractivity contribution < 1.29 is 21.5 Å². The smallest absolute Gasteiger partial charge is 0.0967 e. The Morgan fingerprint density at radius 1 is 0.769 bits per heavy atom. The molecule has 0 rings (SSSR count). The molecule has 0 aromatic carbocycles. The summed E-state index contributed by atoms with van der Waals surface area (Å²) in [6.45, 7) is 14.2. The van der Waals surface area contributed by atoms with E-state index in [2.05, 4.69) is 27.7 Å². The molecule has 13 heavy (non-hydrogen) atoms. The van der Waals surface area contributed by atoms with Crippen LogP contribution in [0, 0.1) is 0 Å². The summed E-state index contributed by atoms with van der Waals surface area (Å²) in [6, 6.07) is 0. The zero-order valence-electron chi connectivity index (χ0n) is 9.12. The summed E-state index contributed by atoms with van der Waals surface area (Å²) in [7, 11) is 0. The van der Waals surface area contributed by atoms with Crippen LogP contribution in [0.4, 0.5) is 0 Å². The van der Waals surface area contributed by atoms with E-state index in [1.807, 2.05) is 0 Å². The first-order valence-corrected chi connectivity index (χ1v) is 5.70. The second kappa shape index (κ2) is 13.0. The zero-order valence-corrected chi connectivity index (χ0v) is 12.2. The second-order valence-electron chi connectivity index (χ2n) is 2.71. The first-order valence-electron chi connectivity index (χ1n) is 4.63. The Balaban J connectivity index is -0.000000220. The molecule has 0 bridgehead atoms. The highest BCUT2D eigenvalue weighted by molar-refractivity contribution is 6.40. The largest absolute Gasteiger partial charge is 1.00 e. The van der Waals surface area contributed by atoms with E-state index < -0.39 is 0 Å². The van der Waals surface area contributed by atoms with Crippen molar-refractivity contribution in [1.29, 1.82) is 0 Å². The minimum absolute atomic E-state index is 0. The second-order valence-corrected chi connectivity index (χ2v) is 3.52. The highest BCUT2D eigenvalue weighted by Crippen LogP contribution is 2.03. The van der Waals surface area contributed by atoms with Crippen molar-refractivity contribution in [2.45, 2.75) is 27.7 Å². The Morgan fingerprint density at radius 3 is 0.923 bits per heavy atom. The highest BCUT2D eigenvalue weighted by Gasteiger charge is 2.16. The van der Waals surface area contributed by atoms with Crippen LogP contribution in [0.15, 0.2) is 0 Å². The summed E-state index contributed by atoms with van der Waals surface area (Å²) in [4.78, 5) is 0. The van der Waals surface area contributed by atoms with Crippen molar-refractivity contribution in [3.8, 4) is 0 Å². The molecule has 0 unspecified atom stereocenters. The van der Waals surface area contributed by atoms with E-state index in [1.165, 1.54) is 30.7 Å². The van der Waals surface area contributed by atoms with Gasteiger partial charge in [-0.3, -0.25) is 0 Å². The lowest BCUT2D eigenvalue weighted by molar-refractivity contribution is -0.921. The lowest BCUT2D eigenvalue weighted by Crippen LogP contribution is -3.00. The number of nitrogens with zero attached hydrogens (tertiary/aromatic N) is 1. The highest BCUT2D eigenvalue weighted by atomic mass is 79.9. The fourth-order valence-electron chi connectivity index (χ4n) is 1.34. The molecule has 0 aliphatic rings. The zero-order chi connectivity index (χ0) is 10.0. The van der Waals surface area contributed by atoms with Gasteiger partial charge in [-0.2, -0.15) is 0 Å². The molecule has 0 aliphatic carbocycles. The normalized spacial score (nSPS) is 9.69. The van der Waals surface area contributed by atoms with E-state index in [0.717, 1.165) is 0 Å². The van der Waals surface area contributed by atoms with Gasteiger partial charge in [0, 0.05) is 0 Å². The van der Waals surface area contributed by atoms with Crippen molar-refractivity contribution in [2.24, 2.45) is 0 Å². The van der Waals surface area contributed by atoms with Gasteiger partial charge in [-0.05, 0) is 27.7 Å². The molecular formula is C9H22BrCl2N. The minimum atomic E-state index is 0. The van der Waals surface area contributed by atoms with Crippen molar-refractivity contribution in [3.05, 3.63) is 0 Å². The van der Waals surface area contributed by atoms with E-state index in [0.29, 0.717) is 0 Å². The monoisotopic (exact) mass is 293 g/mol. The number of hydrogen-bond acceptors (Lipinski definition) is 0. The van der Waals surface area contributed by atoms with E-state index in [-0.39, 0.29) is 22.3 Å². The summed E-state index contributed by atoms with van der Waals surface area (Å²) in [6.07, 6.45) is 0. The van der Waals surface area contributed by atoms with E-state index in [1.54, 1.807) is 0 Å². The Labute approximate surface area is 104 Å². The molecule has 84 valence electrons. The third-order valence-corrected chi connectivity index (χ3v) is 2.68. The fourth-order valence-corrected chi connectivity index (χ4v) is 1.34. The molecular weight excluding hydrogens is 273 g/mol. The minimum Gasteiger partial charge on any atom is -1.00 e. The molecule has 0 aliphatic heterocycles. The molecule has 4 heteroatoms. The molecule has 0 saturated carbocycles. The Hall–Kier alpha value is 1.02. The first-order chi connectivity index (χ1) is 5.66. The van der Waals surface area contributed by atoms with Crippen LogP contribution in [0.25, 0.3) is 0 Å². The number of alkyl halides is 2. The van der Waals surface area contributed by atoms with Crippen LogP contribution >= 0.6 is 23.2 Å². The van der Waals surface area contributed by atoms with Gasteiger partial charge in [-0.15, -0.1) is 23.2 Å². The quantitative estimate of drug-likeness (QED) is 0.517. The molecule has 0 saturated heterocycles. The molecule has 0 fully saturated rings. The van der Waals surface area contributed by atoms with Crippen LogP contribution in [0.1, 0.15) is 27.7 Å². The average molecular weight is 295 g/mol. The SMILES string of the molecule is CC[N+](CC)(CC)CC.ClCCl.[Br-]. The number of quaternary nitrogens is 1. The predicted octanol–water partition coefficient (Wildman–Crippen LogP) is 0.308. The molecule has 0 aromatic rings. The van der Waals surface area contributed by atoms with Crippen molar-refractivity contribution >= 4 is 23.2 Å². The van der Waals surface area contributed by atoms with Crippen LogP contribution in [0.2, 0.25) is 0 Å². The van der Waals surface area contributed by atoms with Crippen molar-refractivity contribution in [3.63, 3.8) is 0 Å². The van der Waals surface area contributed by atoms with Gasteiger partial charge >= 0.3 is 0 Å². The molecule has 1 nitrogen and oxygen atoms in total. The van der Waals surface area contributed by atoms with Crippen LogP contribution in [0.5, 0.6) is 0 Å². The van der Waals surface area contributed by atoms with E-state index in [9.17, 15) is 0 Å². The third kappa shape index (κ3) is 9.33. The Morgan fingerprint density at radius 2 is 0.923 bits per heavy atom. The summed E-state index contributed by atoms with van der Waals surface area (Å²) in [5.41, 5.74) is 0. The molecule has 0 N–H and O–H groups in total. The van der Waals surface area contributed by atoms with Crippen molar-refractivity contribution in [2.75, 3.05) is 31.5 Å². The number of halogens is 3. The van der Waals surface area contributed by atoms with Crippen LogP contribution < -0.4 is 17.0 Å². The maximum absolute atomic E-state index is 4.76. The summed E-state index contributed by atoms with van der Waals surface area (Å²) in [5, 5.41) is 0.194. The van der Waals surface area contributed by atoms with Crippen LogP contribution in [0.3, 0.4) is 0 Å². The fraction of sp³-hybridized carbons (Fsp3) is 1.00. The van der Waals surface area contributed by atoms with Gasteiger partial charge < -0.3 is 21.5 Å². The third-order valence-electron chi connectivity index (χ3n) is 2.68. The molecule has 0 heterocycles. The topological polar surface area (TPSA) is 0 Å². The molecule has 0 aromatic heterocycles. The molecule has 0 atom stereocenters. The van der Waals surface area contributed by atoms with Crippen molar-refractivity contribution in [1.82, 2.24) is 0 Å². The van der Waals surface area contributed by atoms with E-state index in [4.69, 9.17) is 23.2 Å². The van der Waals surface area contributed by atoms with Gasteiger partial charge in [0.1, 0.15) is 0 Å². The van der Waals surface area contributed by atoms with Gasteiger partial charge in [-0.1, -0.05) is 0 Å². The van der Waals surface area contributed by atoms with Crippen LogP contribution in [-0.4, -0.2) is 36.0 Å². The molecule has 0 spiro atoms. The van der Waals surface area contributed by atoms with Crippen LogP contribution in [-0.2, 0) is 0 Å². The summed E-state index contributed by atoms with van der Waals surface area (Å²) >= 11 is 9.53. The van der Waals surface area contributed by atoms with Gasteiger partial charge in [0.05, 0.1) is 31.5 Å². The standard InChI is InChI=1S/C8H20N.CH2Cl2.BrH/c1-5-9(6-2,7-3)8-4;2-1-3;/h5-8H2,1-4H3;1H2;1H/q+1;;/p-1. The summed E-state index contributed by atoms with van der Waals surface area (Å²) < 4.78 is 1.28. The molecule has 0 amide bonds. The number of rotatable bonds is 4.